The number of aliphatic hydroxyl groups excluding tert-OH is 3. The fraction of sp³-hybridized carbons (Fsp3) is 0.415. The molecule has 3 unspecified atom stereocenters. The minimum Gasteiger partial charge on any atom is -1.00 e. The van der Waals surface area contributed by atoms with Crippen LogP contribution in [0.3, 0.4) is 0 Å². The van der Waals surface area contributed by atoms with E-state index >= 15 is 0 Å². The summed E-state index contributed by atoms with van der Waals surface area (Å²) < 4.78 is 0. The number of hydrogen-bond acceptors (Lipinski definition) is 5. The third kappa shape index (κ3) is 34.1. The summed E-state index contributed by atoms with van der Waals surface area (Å²) in [5.41, 5.74) is 9.94. The molecule has 6 nitrogen and oxygen atoms in total. The molecule has 0 bridgehead atoms. The van der Waals surface area contributed by atoms with Crippen LogP contribution in [0.1, 0.15) is 43.0 Å². The second-order valence-electron chi connectivity index (χ2n) is 12.2. The first-order valence-corrected chi connectivity index (χ1v) is 20.7. The van der Waals surface area contributed by atoms with Crippen molar-refractivity contribution in [3.63, 3.8) is 0 Å². The number of aryl methyl sites for hydroxylation is 1. The summed E-state index contributed by atoms with van der Waals surface area (Å²) in [4.78, 5) is 0. The highest BCUT2D eigenvalue weighted by atomic mass is 79.9. The van der Waals surface area contributed by atoms with Crippen LogP contribution >= 0.6 is 73.9 Å². The Kier molecular flexibility index (Phi) is 36.9. The molecule has 13 heteroatoms. The lowest BCUT2D eigenvalue weighted by Gasteiger charge is -2.06. The average molecular weight is 934 g/mol. The van der Waals surface area contributed by atoms with Gasteiger partial charge in [0.05, 0.1) is 30.7 Å². The summed E-state index contributed by atoms with van der Waals surface area (Å²) in [6.07, 6.45) is 3.19. The largest absolute Gasteiger partial charge is 1.00 e. The van der Waals surface area contributed by atoms with E-state index in [1.165, 1.54) is 16.7 Å². The summed E-state index contributed by atoms with van der Waals surface area (Å²) in [5.74, 6) is 0. The minimum absolute atomic E-state index is 0. The van der Waals surface area contributed by atoms with Crippen molar-refractivity contribution in [2.75, 3.05) is 44.7 Å². The molecule has 0 radical (unpaired) electrons. The number of rotatable bonds is 15. The van der Waals surface area contributed by atoms with E-state index < -0.39 is 0 Å². The summed E-state index contributed by atoms with van der Waals surface area (Å²) >= 11 is 32.1. The molecule has 8 N–H and O–H groups in total. The van der Waals surface area contributed by atoms with Crippen LogP contribution < -0.4 is 28.8 Å². The topological polar surface area (TPSA) is 115 Å². The quantitative estimate of drug-likeness (QED) is 0.0706. The van der Waals surface area contributed by atoms with Crippen LogP contribution in [0.5, 0.6) is 0 Å². The first kappa shape index (κ1) is 55.0. The lowest BCUT2D eigenvalue weighted by atomic mass is 10.1. The van der Waals surface area contributed by atoms with Crippen LogP contribution in [0.2, 0.25) is 20.1 Å². The third-order valence-corrected chi connectivity index (χ3v) is 8.52. The zero-order chi connectivity index (χ0) is 39.9. The molecule has 4 aromatic rings. The number of nitrogens with one attached hydrogen (secondary N) is 1. The van der Waals surface area contributed by atoms with E-state index in [1.54, 1.807) is 13.8 Å². The fourth-order valence-corrected chi connectivity index (χ4v) is 5.09. The van der Waals surface area contributed by atoms with Gasteiger partial charge in [-0.1, -0.05) is 111 Å². The number of quaternary nitrogens is 1. The summed E-state index contributed by atoms with van der Waals surface area (Å²) in [5, 5.41) is 35.6. The van der Waals surface area contributed by atoms with Crippen molar-refractivity contribution in [3.05, 3.63) is 139 Å². The average Bonchev–Trinajstić information content (AvgIpc) is 3.13. The van der Waals surface area contributed by atoms with Crippen molar-refractivity contribution < 1.29 is 33.0 Å². The summed E-state index contributed by atoms with van der Waals surface area (Å²) in [6.45, 7) is 9.59. The van der Waals surface area contributed by atoms with Gasteiger partial charge in [-0.2, -0.15) is 0 Å². The van der Waals surface area contributed by atoms with Gasteiger partial charge in [-0.3, -0.25) is 0 Å². The van der Waals surface area contributed by atoms with Crippen molar-refractivity contribution in [1.29, 1.82) is 0 Å². The summed E-state index contributed by atoms with van der Waals surface area (Å²) in [7, 11) is 0. The van der Waals surface area contributed by atoms with E-state index in [0.717, 1.165) is 69.9 Å². The zero-order valence-corrected chi connectivity index (χ0v) is 37.5. The number of nitrogens with two attached hydrogens (primary N) is 2. The first-order valence-electron chi connectivity index (χ1n) is 17.7. The number of alkyl halides is 2. The van der Waals surface area contributed by atoms with Crippen LogP contribution in [-0.2, 0) is 25.7 Å². The van der Waals surface area contributed by atoms with Gasteiger partial charge in [-0.05, 0) is 117 Å². The Bertz CT molecular complexity index is 1300. The molecule has 0 saturated heterocycles. The molecule has 4 rings (SSSR count). The lowest BCUT2D eigenvalue weighted by Crippen LogP contribution is -3.00. The molecule has 0 spiro atoms. The van der Waals surface area contributed by atoms with E-state index in [0.29, 0.717) is 19.5 Å². The van der Waals surface area contributed by atoms with Crippen LogP contribution in [0, 0.1) is 0 Å². The van der Waals surface area contributed by atoms with Gasteiger partial charge in [0.25, 0.3) is 0 Å². The molecule has 304 valence electrons. The second kappa shape index (κ2) is 36.2. The van der Waals surface area contributed by atoms with E-state index in [1.807, 2.05) is 91.9 Å². The van der Waals surface area contributed by atoms with Gasteiger partial charge in [-0.25, -0.2) is 0 Å². The van der Waals surface area contributed by atoms with Gasteiger partial charge in [0.2, 0.25) is 0 Å². The van der Waals surface area contributed by atoms with Crippen LogP contribution in [0.4, 0.5) is 0 Å². The smallest absolute Gasteiger partial charge is 0.0919 e. The van der Waals surface area contributed by atoms with E-state index in [-0.39, 0.29) is 36.6 Å². The predicted octanol–water partition coefficient (Wildman–Crippen LogP) is 5.41. The molecular weight excluding hydrogens is 875 g/mol. The fourth-order valence-electron chi connectivity index (χ4n) is 4.00. The molecule has 0 fully saturated rings. The van der Waals surface area contributed by atoms with Crippen molar-refractivity contribution in [3.8, 4) is 0 Å². The molecule has 54 heavy (non-hydrogen) atoms. The summed E-state index contributed by atoms with van der Waals surface area (Å²) in [6, 6.07) is 31.2. The Labute approximate surface area is 363 Å². The second-order valence-corrected chi connectivity index (χ2v) is 15.4. The molecule has 0 saturated carbocycles. The minimum atomic E-state index is -0.338. The van der Waals surface area contributed by atoms with Crippen LogP contribution in [0.15, 0.2) is 97.1 Å². The monoisotopic (exact) mass is 929 g/mol. The first-order chi connectivity index (χ1) is 25.3. The highest BCUT2D eigenvalue weighted by Crippen LogP contribution is 2.12. The zero-order valence-electron chi connectivity index (χ0n) is 31.4. The number of hydrogen-bond donors (Lipinski definition) is 6. The standard InChI is InChI=1S/C11H15Cl2N.C11H16ClNO.C8H8BrCl.C8H9ClO.C3H9NO.ClH/c1-9(12)8-14-7-6-10-2-4-11(13)5-3-10;1-9(14)8-13-7-6-10-2-4-11(12)5-3-10;9-6-5-7-1-3-8(10)4-2-7;9-8-3-1-7(2-4-8)5-6-10;1-3(5)2-4;/h2-5,9,14H,6-8H2,1H3;2-5,9,13-14H,6-8H2,1H3;1-4H,5-6H2;1-4,10H,5-6H2;3,5H,2,4H2,1H3;1H. The molecule has 0 heterocycles. The Morgan fingerprint density at radius 3 is 1.30 bits per heavy atom. The van der Waals surface area contributed by atoms with Crippen molar-refractivity contribution in [2.45, 2.75) is 64.0 Å². The van der Waals surface area contributed by atoms with Gasteiger partial charge < -0.3 is 44.1 Å². The van der Waals surface area contributed by atoms with Gasteiger partial charge in [0.15, 0.2) is 0 Å². The predicted molar refractivity (Wildman–Crippen MR) is 234 cm³/mol. The van der Waals surface area contributed by atoms with E-state index in [9.17, 15) is 0 Å². The molecule has 0 aliphatic carbocycles. The van der Waals surface area contributed by atoms with Gasteiger partial charge in [0, 0.05) is 51.5 Å². The highest BCUT2D eigenvalue weighted by molar-refractivity contribution is 9.09. The van der Waals surface area contributed by atoms with Crippen LogP contribution in [-0.4, -0.2) is 77.6 Å². The van der Waals surface area contributed by atoms with E-state index in [4.69, 9.17) is 79.1 Å². The lowest BCUT2D eigenvalue weighted by molar-refractivity contribution is -0.653. The molecule has 0 amide bonds. The maximum atomic E-state index is 9.01. The van der Waals surface area contributed by atoms with Gasteiger partial charge in [-0.15, -0.1) is 11.6 Å². The molecular formula is C41H58BrCl6N3O3. The molecule has 3 atom stereocenters. The normalized spacial score (nSPS) is 11.6. The maximum Gasteiger partial charge on any atom is 0.0919 e. The molecule has 0 aliphatic rings. The van der Waals surface area contributed by atoms with E-state index in [2.05, 4.69) is 38.7 Å². The number of benzene rings is 4. The Morgan fingerprint density at radius 2 is 0.981 bits per heavy atom. The molecule has 0 aliphatic heterocycles. The van der Waals surface area contributed by atoms with Crippen molar-refractivity contribution in [1.82, 2.24) is 5.32 Å². The van der Waals surface area contributed by atoms with Crippen molar-refractivity contribution in [2.24, 2.45) is 5.73 Å². The Morgan fingerprint density at radius 1 is 0.630 bits per heavy atom. The molecule has 4 aromatic carbocycles. The Hall–Kier alpha value is -1.14. The molecule has 0 aromatic heterocycles. The highest BCUT2D eigenvalue weighted by Gasteiger charge is 1.99. The number of aliphatic hydroxyl groups is 3. The maximum absolute atomic E-state index is 9.01. The van der Waals surface area contributed by atoms with Crippen LogP contribution in [0.25, 0.3) is 0 Å². The SMILES string of the molecule is CC(Cl)C[NH2+]CCc1ccc(Cl)cc1.CC(O)CN.CC(O)CNCCc1ccc(Cl)cc1.Clc1ccc(CCBr)cc1.OCCc1ccc(Cl)cc1.[Cl-]. The van der Waals surface area contributed by atoms with Gasteiger partial charge >= 0.3 is 0 Å². The van der Waals surface area contributed by atoms with Gasteiger partial charge in [0.1, 0.15) is 0 Å². The Balaban J connectivity index is 0. The third-order valence-electron chi connectivity index (χ3n) is 6.94. The number of halogens is 7. The van der Waals surface area contributed by atoms with Crippen molar-refractivity contribution >= 4 is 73.9 Å².